The molecule has 1 fully saturated rings. The highest BCUT2D eigenvalue weighted by atomic mass is 32.2. The molecule has 7 heteroatoms. The van der Waals surface area contributed by atoms with Gasteiger partial charge in [-0.2, -0.15) is 10.5 Å². The lowest BCUT2D eigenvalue weighted by atomic mass is 9.82. The molecule has 1 aromatic heterocycles. The van der Waals surface area contributed by atoms with Crippen molar-refractivity contribution in [3.8, 4) is 23.4 Å². The normalized spacial score (nSPS) is 17.3. The molecule has 1 atom stereocenters. The number of nitriles is 2. The predicted molar refractivity (Wildman–Crippen MR) is 109 cm³/mol. The standard InChI is InChI=1S/C21H19N5OS/c1-2-28(24,27)16-7-8-20(26-13-21(11-22,12-23)14-26)17(10-16)19-9-15-5-3-4-6-18(15)25-19/h3-10,24-25H,2,13-14H2,1H3/t28-/m0/s1. The fraction of sp³-hybridized carbons (Fsp3) is 0.238. The van der Waals surface area contributed by atoms with Crippen LogP contribution in [0, 0.1) is 32.9 Å². The van der Waals surface area contributed by atoms with Gasteiger partial charge in [-0.1, -0.05) is 25.1 Å². The Bertz CT molecular complexity index is 1200. The van der Waals surface area contributed by atoms with E-state index < -0.39 is 15.1 Å². The molecule has 0 amide bonds. The number of hydrogen-bond donors (Lipinski definition) is 2. The molecule has 1 aliphatic rings. The summed E-state index contributed by atoms with van der Waals surface area (Å²) in [5, 5.41) is 19.7. The molecule has 1 aliphatic heterocycles. The highest BCUT2D eigenvalue weighted by Gasteiger charge is 2.44. The van der Waals surface area contributed by atoms with Gasteiger partial charge >= 0.3 is 0 Å². The molecule has 4 rings (SSSR count). The van der Waals surface area contributed by atoms with Crippen molar-refractivity contribution >= 4 is 26.3 Å². The molecular formula is C21H19N5OS. The Kier molecular flexibility index (Phi) is 4.14. The minimum Gasteiger partial charge on any atom is -0.365 e. The van der Waals surface area contributed by atoms with Crippen LogP contribution in [-0.2, 0) is 9.73 Å². The number of nitrogens with zero attached hydrogens (tertiary/aromatic N) is 3. The van der Waals surface area contributed by atoms with Crippen molar-refractivity contribution in [2.24, 2.45) is 5.41 Å². The average molecular weight is 389 g/mol. The zero-order valence-electron chi connectivity index (χ0n) is 15.4. The van der Waals surface area contributed by atoms with Crippen molar-refractivity contribution in [2.45, 2.75) is 11.8 Å². The van der Waals surface area contributed by atoms with Crippen molar-refractivity contribution in [2.75, 3.05) is 23.7 Å². The minimum absolute atomic E-state index is 0.244. The number of para-hydroxylation sites is 1. The largest absolute Gasteiger partial charge is 0.365 e. The maximum atomic E-state index is 12.6. The zero-order valence-corrected chi connectivity index (χ0v) is 16.2. The van der Waals surface area contributed by atoms with E-state index in [0.29, 0.717) is 18.0 Å². The lowest BCUT2D eigenvalue weighted by Crippen LogP contribution is -2.55. The third-order valence-electron chi connectivity index (χ3n) is 5.27. The summed E-state index contributed by atoms with van der Waals surface area (Å²) >= 11 is 0. The van der Waals surface area contributed by atoms with Crippen LogP contribution in [0.15, 0.2) is 53.4 Å². The molecule has 3 aromatic rings. The molecular weight excluding hydrogens is 370 g/mol. The van der Waals surface area contributed by atoms with E-state index >= 15 is 0 Å². The Morgan fingerprint density at radius 3 is 2.54 bits per heavy atom. The van der Waals surface area contributed by atoms with Gasteiger partial charge in [-0.3, -0.25) is 0 Å². The summed E-state index contributed by atoms with van der Waals surface area (Å²) < 4.78 is 20.8. The number of aromatic nitrogens is 1. The van der Waals surface area contributed by atoms with E-state index in [0.717, 1.165) is 27.8 Å². The van der Waals surface area contributed by atoms with E-state index in [1.54, 1.807) is 19.1 Å². The van der Waals surface area contributed by atoms with Crippen LogP contribution in [0.2, 0.25) is 0 Å². The highest BCUT2D eigenvalue weighted by molar-refractivity contribution is 7.92. The van der Waals surface area contributed by atoms with Gasteiger partial charge in [-0.15, -0.1) is 0 Å². The van der Waals surface area contributed by atoms with Crippen LogP contribution in [0.1, 0.15) is 6.92 Å². The summed E-state index contributed by atoms with van der Waals surface area (Å²) in [6.07, 6.45) is 0. The number of fused-ring (bicyclic) bond motifs is 1. The number of rotatable bonds is 4. The van der Waals surface area contributed by atoms with E-state index in [1.807, 2.05) is 41.3 Å². The first-order valence-corrected chi connectivity index (χ1v) is 10.7. The first kappa shape index (κ1) is 18.1. The summed E-state index contributed by atoms with van der Waals surface area (Å²) in [4.78, 5) is 5.86. The zero-order chi connectivity index (χ0) is 19.9. The molecule has 0 saturated carbocycles. The van der Waals surface area contributed by atoms with Crippen molar-refractivity contribution in [3.63, 3.8) is 0 Å². The van der Waals surface area contributed by atoms with Crippen LogP contribution < -0.4 is 4.90 Å². The summed E-state index contributed by atoms with van der Waals surface area (Å²) in [7, 11) is -2.86. The molecule has 0 radical (unpaired) electrons. The summed E-state index contributed by atoms with van der Waals surface area (Å²) in [5.74, 6) is 0.244. The molecule has 28 heavy (non-hydrogen) atoms. The maximum absolute atomic E-state index is 12.6. The number of hydrogen-bond acceptors (Lipinski definition) is 5. The number of anilines is 1. The number of nitrogens with one attached hydrogen (secondary N) is 2. The van der Waals surface area contributed by atoms with Gasteiger partial charge in [-0.05, 0) is 30.3 Å². The Hall–Kier alpha value is -3.29. The fourth-order valence-electron chi connectivity index (χ4n) is 3.54. The van der Waals surface area contributed by atoms with Gasteiger partial charge < -0.3 is 9.88 Å². The number of benzene rings is 2. The van der Waals surface area contributed by atoms with E-state index in [2.05, 4.69) is 17.1 Å². The second-order valence-electron chi connectivity index (χ2n) is 7.07. The molecule has 2 heterocycles. The van der Waals surface area contributed by atoms with Crippen LogP contribution in [-0.4, -0.2) is 28.0 Å². The SMILES string of the molecule is CC[S@](=N)(=O)c1ccc(N2CC(C#N)(C#N)C2)c(-c2cc3ccccc3[nH]2)c1. The second kappa shape index (κ2) is 6.40. The third kappa shape index (κ3) is 2.81. The van der Waals surface area contributed by atoms with Crippen LogP contribution in [0.3, 0.4) is 0 Å². The van der Waals surface area contributed by atoms with Gasteiger partial charge in [-0.25, -0.2) is 8.99 Å². The van der Waals surface area contributed by atoms with Gasteiger partial charge in [0.1, 0.15) is 0 Å². The molecule has 1 saturated heterocycles. The lowest BCUT2D eigenvalue weighted by Gasteiger charge is -2.43. The van der Waals surface area contributed by atoms with Crippen molar-refractivity contribution < 1.29 is 4.21 Å². The van der Waals surface area contributed by atoms with Gasteiger partial charge in [0.2, 0.25) is 0 Å². The smallest absolute Gasteiger partial charge is 0.178 e. The predicted octanol–water partition coefficient (Wildman–Crippen LogP) is 4.11. The Balaban J connectivity index is 1.85. The van der Waals surface area contributed by atoms with E-state index in [4.69, 9.17) is 4.78 Å². The quantitative estimate of drug-likeness (QED) is 0.700. The Morgan fingerprint density at radius 1 is 1.18 bits per heavy atom. The third-order valence-corrected chi connectivity index (χ3v) is 7.09. The first-order chi connectivity index (χ1) is 13.4. The molecule has 0 spiro atoms. The minimum atomic E-state index is -2.86. The van der Waals surface area contributed by atoms with E-state index in [1.165, 1.54) is 0 Å². The molecule has 0 aliphatic carbocycles. The van der Waals surface area contributed by atoms with Gasteiger partial charge in [0, 0.05) is 38.5 Å². The van der Waals surface area contributed by atoms with Crippen LogP contribution in [0.4, 0.5) is 5.69 Å². The Labute approximate surface area is 164 Å². The average Bonchev–Trinajstić information content (AvgIpc) is 3.12. The summed E-state index contributed by atoms with van der Waals surface area (Å²) in [6, 6.07) is 19.5. The Morgan fingerprint density at radius 2 is 1.89 bits per heavy atom. The molecule has 6 nitrogen and oxygen atoms in total. The number of H-pyrrole nitrogens is 1. The lowest BCUT2D eigenvalue weighted by molar-refractivity contribution is 0.398. The van der Waals surface area contributed by atoms with Crippen molar-refractivity contribution in [1.29, 1.82) is 15.3 Å². The molecule has 2 aromatic carbocycles. The van der Waals surface area contributed by atoms with Gasteiger partial charge in [0.05, 0.1) is 35.0 Å². The van der Waals surface area contributed by atoms with E-state index in [9.17, 15) is 14.7 Å². The molecule has 2 N–H and O–H groups in total. The molecule has 0 bridgehead atoms. The van der Waals surface area contributed by atoms with Crippen molar-refractivity contribution in [1.82, 2.24) is 4.98 Å². The van der Waals surface area contributed by atoms with Crippen LogP contribution in [0.5, 0.6) is 0 Å². The summed E-state index contributed by atoms with van der Waals surface area (Å²) in [5.41, 5.74) is 2.55. The fourth-order valence-corrected chi connectivity index (χ4v) is 4.47. The van der Waals surface area contributed by atoms with Crippen LogP contribution >= 0.6 is 0 Å². The van der Waals surface area contributed by atoms with Gasteiger partial charge in [0.25, 0.3) is 0 Å². The van der Waals surface area contributed by atoms with E-state index in [-0.39, 0.29) is 5.75 Å². The first-order valence-electron chi connectivity index (χ1n) is 8.97. The topological polar surface area (TPSA) is 108 Å². The second-order valence-corrected chi connectivity index (χ2v) is 9.47. The summed E-state index contributed by atoms with van der Waals surface area (Å²) in [6.45, 7) is 2.41. The van der Waals surface area contributed by atoms with Crippen LogP contribution in [0.25, 0.3) is 22.2 Å². The van der Waals surface area contributed by atoms with Gasteiger partial charge in [0.15, 0.2) is 5.41 Å². The number of aromatic amines is 1. The monoisotopic (exact) mass is 389 g/mol. The molecule has 140 valence electrons. The highest BCUT2D eigenvalue weighted by Crippen LogP contribution is 2.40. The molecule has 0 unspecified atom stereocenters. The maximum Gasteiger partial charge on any atom is 0.178 e. The van der Waals surface area contributed by atoms with Crippen molar-refractivity contribution in [3.05, 3.63) is 48.5 Å².